The van der Waals surface area contributed by atoms with Crippen molar-refractivity contribution in [2.24, 2.45) is 0 Å². The van der Waals surface area contributed by atoms with Crippen molar-refractivity contribution in [2.75, 3.05) is 6.54 Å². The zero-order valence-corrected chi connectivity index (χ0v) is 10.7. The van der Waals surface area contributed by atoms with E-state index in [1.165, 1.54) is 24.8 Å². The van der Waals surface area contributed by atoms with Gasteiger partial charge in [0.15, 0.2) is 6.23 Å². The van der Waals surface area contributed by atoms with Gasteiger partial charge in [0.25, 0.3) is 5.91 Å². The molecule has 1 heterocycles. The fraction of sp³-hybridized carbons (Fsp3) is 0.643. The van der Waals surface area contributed by atoms with E-state index in [0.29, 0.717) is 12.1 Å². The molecule has 1 N–H and O–H groups in total. The molecule has 0 unspecified atom stereocenters. The van der Waals surface area contributed by atoms with Crippen LogP contribution in [0.4, 0.5) is 0 Å². The summed E-state index contributed by atoms with van der Waals surface area (Å²) in [6.07, 6.45) is 7.37. The van der Waals surface area contributed by atoms with Crippen LogP contribution in [-0.4, -0.2) is 28.7 Å². The van der Waals surface area contributed by atoms with Gasteiger partial charge in [0, 0.05) is 12.1 Å². The number of carbonyl (C=O) groups excluding carboxylic acids is 1. The summed E-state index contributed by atoms with van der Waals surface area (Å²) >= 11 is 0. The van der Waals surface area contributed by atoms with E-state index in [1.807, 2.05) is 6.92 Å². The number of amides is 1. The summed E-state index contributed by atoms with van der Waals surface area (Å²) in [5, 5.41) is 9.96. The summed E-state index contributed by atoms with van der Waals surface area (Å²) in [6.45, 7) is 4.26. The Bertz CT molecular complexity index is 382. The summed E-state index contributed by atoms with van der Waals surface area (Å²) in [7, 11) is 0. The minimum atomic E-state index is -0.702. The van der Waals surface area contributed by atoms with Crippen molar-refractivity contribution < 1.29 is 9.90 Å². The van der Waals surface area contributed by atoms with Crippen LogP contribution in [0.5, 0.6) is 0 Å². The predicted octanol–water partition coefficient (Wildman–Crippen LogP) is 2.37. The molecular formula is C14H21NO2. The predicted molar refractivity (Wildman–Crippen MR) is 67.3 cm³/mol. The van der Waals surface area contributed by atoms with Crippen LogP contribution in [0, 0.1) is 0 Å². The molecule has 0 spiro atoms. The van der Waals surface area contributed by atoms with E-state index in [0.717, 1.165) is 18.4 Å². The molecule has 1 aliphatic carbocycles. The van der Waals surface area contributed by atoms with Crippen LogP contribution in [0.1, 0.15) is 46.0 Å². The van der Waals surface area contributed by atoms with Gasteiger partial charge in [0.1, 0.15) is 0 Å². The Balaban J connectivity index is 1.93. The van der Waals surface area contributed by atoms with Gasteiger partial charge in [-0.1, -0.05) is 11.6 Å². The number of aliphatic hydroxyl groups excluding tert-OH is 1. The lowest BCUT2D eigenvalue weighted by Gasteiger charge is -2.23. The molecule has 0 saturated heterocycles. The zero-order chi connectivity index (χ0) is 12.4. The molecule has 1 amide bonds. The van der Waals surface area contributed by atoms with E-state index in [9.17, 15) is 9.90 Å². The standard InChI is InChI=1S/C14H21NO2/c1-10-11(2)14(17)15(13(10)16)9-8-12-6-4-3-5-7-12/h6,13,16H,3-5,7-9H2,1-2H3/t13-/m1/s1. The molecular weight excluding hydrogens is 214 g/mol. The van der Waals surface area contributed by atoms with Gasteiger partial charge in [-0.25, -0.2) is 0 Å². The topological polar surface area (TPSA) is 40.5 Å². The van der Waals surface area contributed by atoms with Crippen molar-refractivity contribution in [2.45, 2.75) is 52.2 Å². The smallest absolute Gasteiger partial charge is 0.251 e. The number of nitrogens with zero attached hydrogens (tertiary/aromatic N) is 1. The summed E-state index contributed by atoms with van der Waals surface area (Å²) < 4.78 is 0. The molecule has 2 rings (SSSR count). The third kappa shape index (κ3) is 2.44. The first kappa shape index (κ1) is 12.4. The van der Waals surface area contributed by atoms with E-state index in [2.05, 4.69) is 6.08 Å². The second kappa shape index (κ2) is 5.05. The quantitative estimate of drug-likeness (QED) is 0.763. The highest BCUT2D eigenvalue weighted by Gasteiger charge is 2.32. The van der Waals surface area contributed by atoms with Gasteiger partial charge in [-0.3, -0.25) is 4.79 Å². The van der Waals surface area contributed by atoms with Gasteiger partial charge in [-0.2, -0.15) is 0 Å². The van der Waals surface area contributed by atoms with Crippen LogP contribution in [0.2, 0.25) is 0 Å². The molecule has 0 fully saturated rings. The summed E-state index contributed by atoms with van der Waals surface area (Å²) in [6, 6.07) is 0. The van der Waals surface area contributed by atoms with Gasteiger partial charge in [0.05, 0.1) is 0 Å². The second-order valence-corrected chi connectivity index (χ2v) is 5.04. The van der Waals surface area contributed by atoms with Crippen molar-refractivity contribution in [3.8, 4) is 0 Å². The molecule has 94 valence electrons. The van der Waals surface area contributed by atoms with Crippen molar-refractivity contribution >= 4 is 5.91 Å². The molecule has 3 nitrogen and oxygen atoms in total. The number of aliphatic hydroxyl groups is 1. The van der Waals surface area contributed by atoms with E-state index in [-0.39, 0.29) is 5.91 Å². The van der Waals surface area contributed by atoms with Gasteiger partial charge in [0.2, 0.25) is 0 Å². The maximum Gasteiger partial charge on any atom is 0.251 e. The van der Waals surface area contributed by atoms with Crippen molar-refractivity contribution in [3.63, 3.8) is 0 Å². The molecule has 0 aromatic carbocycles. The Morgan fingerprint density at radius 3 is 2.71 bits per heavy atom. The number of rotatable bonds is 3. The first-order valence-corrected chi connectivity index (χ1v) is 6.45. The molecule has 0 radical (unpaired) electrons. The minimum Gasteiger partial charge on any atom is -0.369 e. The van der Waals surface area contributed by atoms with Gasteiger partial charge in [-0.05, 0) is 51.5 Å². The molecule has 17 heavy (non-hydrogen) atoms. The monoisotopic (exact) mass is 235 g/mol. The Morgan fingerprint density at radius 2 is 2.18 bits per heavy atom. The average molecular weight is 235 g/mol. The maximum atomic E-state index is 11.9. The Hall–Kier alpha value is -1.09. The minimum absolute atomic E-state index is 0.00795. The lowest BCUT2D eigenvalue weighted by Crippen LogP contribution is -2.36. The lowest BCUT2D eigenvalue weighted by molar-refractivity contribution is -0.131. The molecule has 2 aliphatic rings. The summed E-state index contributed by atoms with van der Waals surface area (Å²) in [4.78, 5) is 13.5. The SMILES string of the molecule is CC1=C(C)[C@@H](O)N(CCC2=CCCCC2)C1=O. The van der Waals surface area contributed by atoms with E-state index in [4.69, 9.17) is 0 Å². The molecule has 0 aromatic heterocycles. The molecule has 1 atom stereocenters. The zero-order valence-electron chi connectivity index (χ0n) is 10.7. The number of hydrogen-bond donors (Lipinski definition) is 1. The van der Waals surface area contributed by atoms with Gasteiger partial charge < -0.3 is 10.0 Å². The van der Waals surface area contributed by atoms with Crippen LogP contribution < -0.4 is 0 Å². The van der Waals surface area contributed by atoms with Crippen molar-refractivity contribution in [1.29, 1.82) is 0 Å². The average Bonchev–Trinajstić information content (AvgIpc) is 2.54. The van der Waals surface area contributed by atoms with Gasteiger partial charge in [-0.15, -0.1) is 0 Å². The molecule has 1 aliphatic heterocycles. The number of carbonyl (C=O) groups is 1. The fourth-order valence-corrected chi connectivity index (χ4v) is 2.54. The van der Waals surface area contributed by atoms with Crippen molar-refractivity contribution in [1.82, 2.24) is 4.90 Å². The molecule has 0 aromatic rings. The normalized spacial score (nSPS) is 25.6. The Morgan fingerprint density at radius 1 is 1.41 bits per heavy atom. The third-order valence-electron chi connectivity index (χ3n) is 3.91. The third-order valence-corrected chi connectivity index (χ3v) is 3.91. The number of allylic oxidation sites excluding steroid dienone is 1. The van der Waals surface area contributed by atoms with E-state index >= 15 is 0 Å². The summed E-state index contributed by atoms with van der Waals surface area (Å²) in [5.74, 6) is -0.00795. The molecule has 0 bridgehead atoms. The van der Waals surface area contributed by atoms with E-state index in [1.54, 1.807) is 11.8 Å². The fourth-order valence-electron chi connectivity index (χ4n) is 2.54. The highest BCUT2D eigenvalue weighted by molar-refractivity contribution is 5.96. The first-order valence-electron chi connectivity index (χ1n) is 6.45. The molecule has 0 saturated carbocycles. The van der Waals surface area contributed by atoms with Gasteiger partial charge >= 0.3 is 0 Å². The largest absolute Gasteiger partial charge is 0.369 e. The van der Waals surface area contributed by atoms with Crippen LogP contribution in [-0.2, 0) is 4.79 Å². The first-order chi connectivity index (χ1) is 8.11. The van der Waals surface area contributed by atoms with Crippen LogP contribution >= 0.6 is 0 Å². The highest BCUT2D eigenvalue weighted by atomic mass is 16.3. The highest BCUT2D eigenvalue weighted by Crippen LogP contribution is 2.26. The maximum absolute atomic E-state index is 11.9. The van der Waals surface area contributed by atoms with Crippen LogP contribution in [0.3, 0.4) is 0 Å². The van der Waals surface area contributed by atoms with Crippen LogP contribution in [0.25, 0.3) is 0 Å². The lowest BCUT2D eigenvalue weighted by atomic mass is 9.97. The Labute approximate surface area is 103 Å². The second-order valence-electron chi connectivity index (χ2n) is 5.04. The van der Waals surface area contributed by atoms with Crippen LogP contribution in [0.15, 0.2) is 22.8 Å². The van der Waals surface area contributed by atoms with Crippen molar-refractivity contribution in [3.05, 3.63) is 22.8 Å². The Kier molecular flexibility index (Phi) is 3.67. The molecule has 3 heteroatoms. The van der Waals surface area contributed by atoms with E-state index < -0.39 is 6.23 Å². The number of hydrogen-bond acceptors (Lipinski definition) is 2. The summed E-state index contributed by atoms with van der Waals surface area (Å²) in [5.41, 5.74) is 2.95.